The minimum absolute atomic E-state index is 0.00189. The van der Waals surface area contributed by atoms with Crippen LogP contribution in [-0.4, -0.2) is 12.5 Å². The van der Waals surface area contributed by atoms with E-state index in [1.807, 2.05) is 24.3 Å². The summed E-state index contributed by atoms with van der Waals surface area (Å²) in [5, 5.41) is 2.93. The molecule has 0 bridgehead atoms. The molecule has 2 aromatic rings. The third-order valence-electron chi connectivity index (χ3n) is 3.50. The number of carbonyl (C=O) groups excluding carboxylic acids is 1. The Hall–Kier alpha value is -2.16. The Morgan fingerprint density at radius 3 is 2.62 bits per heavy atom. The van der Waals surface area contributed by atoms with E-state index in [1.165, 1.54) is 17.7 Å². The van der Waals surface area contributed by atoms with Crippen molar-refractivity contribution in [2.75, 3.05) is 6.54 Å². The van der Waals surface area contributed by atoms with Crippen molar-refractivity contribution >= 4 is 5.91 Å². The molecule has 1 N–H and O–H groups in total. The molecule has 0 spiro atoms. The highest BCUT2D eigenvalue weighted by Gasteiger charge is 2.07. The Morgan fingerprint density at radius 1 is 1.14 bits per heavy atom. The lowest BCUT2D eigenvalue weighted by Crippen LogP contribution is -2.27. The van der Waals surface area contributed by atoms with Crippen molar-refractivity contribution in [3.63, 3.8) is 0 Å². The number of benzene rings is 2. The van der Waals surface area contributed by atoms with Gasteiger partial charge in [0.15, 0.2) is 0 Å². The van der Waals surface area contributed by atoms with Gasteiger partial charge in [-0.1, -0.05) is 49.4 Å². The minimum atomic E-state index is -0.259. The van der Waals surface area contributed by atoms with Gasteiger partial charge >= 0.3 is 0 Å². The lowest BCUT2D eigenvalue weighted by Gasteiger charge is -2.13. The molecule has 0 aliphatic heterocycles. The second-order valence-electron chi connectivity index (χ2n) is 5.25. The number of nitrogens with one attached hydrogen (secondary N) is 1. The van der Waals surface area contributed by atoms with Crippen LogP contribution >= 0.6 is 0 Å². The fourth-order valence-electron chi connectivity index (χ4n) is 2.21. The number of carbonyl (C=O) groups is 1. The lowest BCUT2D eigenvalue weighted by atomic mass is 10.0. The highest BCUT2D eigenvalue weighted by molar-refractivity contribution is 5.76. The second kappa shape index (κ2) is 7.58. The maximum atomic E-state index is 13.0. The number of hydrogen-bond donors (Lipinski definition) is 1. The van der Waals surface area contributed by atoms with Crippen LogP contribution in [0, 0.1) is 5.82 Å². The summed E-state index contributed by atoms with van der Waals surface area (Å²) in [5.74, 6) is 0.0250. The molecule has 3 heteroatoms. The normalized spacial score (nSPS) is 11.9. The topological polar surface area (TPSA) is 29.1 Å². The van der Waals surface area contributed by atoms with Gasteiger partial charge in [-0.2, -0.15) is 0 Å². The molecule has 0 aliphatic carbocycles. The highest BCUT2D eigenvalue weighted by atomic mass is 19.1. The summed E-state index contributed by atoms with van der Waals surface area (Å²) in [6, 6.07) is 16.5. The zero-order chi connectivity index (χ0) is 15.1. The number of rotatable bonds is 6. The predicted molar refractivity (Wildman–Crippen MR) is 82.6 cm³/mol. The van der Waals surface area contributed by atoms with Crippen LogP contribution in [0.3, 0.4) is 0 Å². The zero-order valence-electron chi connectivity index (χ0n) is 12.2. The monoisotopic (exact) mass is 285 g/mol. The summed E-state index contributed by atoms with van der Waals surface area (Å²) in [6.45, 7) is 2.70. The van der Waals surface area contributed by atoms with Crippen LogP contribution < -0.4 is 5.32 Å². The summed E-state index contributed by atoms with van der Waals surface area (Å²) >= 11 is 0. The SMILES string of the molecule is CC(CNC(=O)CCc1cccc(F)c1)c1ccccc1. The molecule has 0 aromatic heterocycles. The molecule has 21 heavy (non-hydrogen) atoms. The fourth-order valence-corrected chi connectivity index (χ4v) is 2.21. The van der Waals surface area contributed by atoms with Crippen LogP contribution in [-0.2, 0) is 11.2 Å². The molecule has 2 nitrogen and oxygen atoms in total. The molecule has 1 amide bonds. The van der Waals surface area contributed by atoms with Crippen molar-refractivity contribution in [3.05, 3.63) is 71.5 Å². The van der Waals surface area contributed by atoms with Gasteiger partial charge in [0.1, 0.15) is 5.82 Å². The Bertz CT molecular complexity index is 583. The molecular formula is C18H20FNO. The highest BCUT2D eigenvalue weighted by Crippen LogP contribution is 2.13. The molecule has 0 heterocycles. The average Bonchev–Trinajstić information content (AvgIpc) is 2.51. The van der Waals surface area contributed by atoms with E-state index in [4.69, 9.17) is 0 Å². The molecule has 0 radical (unpaired) electrons. The summed E-state index contributed by atoms with van der Waals surface area (Å²) in [6.07, 6.45) is 0.939. The number of hydrogen-bond acceptors (Lipinski definition) is 1. The molecule has 1 atom stereocenters. The second-order valence-corrected chi connectivity index (χ2v) is 5.25. The van der Waals surface area contributed by atoms with Crippen LogP contribution in [0.1, 0.15) is 30.4 Å². The Labute approximate surface area is 125 Å². The maximum Gasteiger partial charge on any atom is 0.220 e. The van der Waals surface area contributed by atoms with E-state index in [0.29, 0.717) is 19.4 Å². The minimum Gasteiger partial charge on any atom is -0.355 e. The van der Waals surface area contributed by atoms with Gasteiger partial charge in [-0.3, -0.25) is 4.79 Å². The van der Waals surface area contributed by atoms with Crippen LogP contribution in [0.2, 0.25) is 0 Å². The van der Waals surface area contributed by atoms with Crippen molar-refractivity contribution in [2.45, 2.75) is 25.7 Å². The van der Waals surface area contributed by atoms with Gasteiger partial charge in [0, 0.05) is 13.0 Å². The van der Waals surface area contributed by atoms with Gasteiger partial charge in [0.2, 0.25) is 5.91 Å². The summed E-state index contributed by atoms with van der Waals surface area (Å²) in [4.78, 5) is 11.8. The molecule has 0 fully saturated rings. The van der Waals surface area contributed by atoms with E-state index >= 15 is 0 Å². The third kappa shape index (κ3) is 5.03. The van der Waals surface area contributed by atoms with Crippen molar-refractivity contribution in [1.29, 1.82) is 0 Å². The molecule has 110 valence electrons. The largest absolute Gasteiger partial charge is 0.355 e. The van der Waals surface area contributed by atoms with Crippen molar-refractivity contribution in [3.8, 4) is 0 Å². The molecule has 2 aromatic carbocycles. The van der Waals surface area contributed by atoms with Crippen LogP contribution in [0.4, 0.5) is 4.39 Å². The van der Waals surface area contributed by atoms with Gasteiger partial charge in [0.25, 0.3) is 0 Å². The molecule has 0 saturated carbocycles. The van der Waals surface area contributed by atoms with E-state index < -0.39 is 0 Å². The number of aryl methyl sites for hydroxylation is 1. The van der Waals surface area contributed by atoms with E-state index in [2.05, 4.69) is 24.4 Å². The first-order chi connectivity index (χ1) is 10.1. The van der Waals surface area contributed by atoms with Crippen LogP contribution in [0.5, 0.6) is 0 Å². The zero-order valence-corrected chi connectivity index (χ0v) is 12.2. The molecule has 1 unspecified atom stereocenters. The smallest absolute Gasteiger partial charge is 0.220 e. The summed E-state index contributed by atoms with van der Waals surface area (Å²) in [7, 11) is 0. The van der Waals surface area contributed by atoms with E-state index in [1.54, 1.807) is 6.07 Å². The number of amides is 1. The van der Waals surface area contributed by atoms with Crippen molar-refractivity contribution in [1.82, 2.24) is 5.32 Å². The summed E-state index contributed by atoms with van der Waals surface area (Å²) < 4.78 is 13.0. The fraction of sp³-hybridized carbons (Fsp3) is 0.278. The van der Waals surface area contributed by atoms with E-state index in [0.717, 1.165) is 5.56 Å². The predicted octanol–water partition coefficient (Wildman–Crippen LogP) is 3.68. The molecule has 0 saturated heterocycles. The van der Waals surface area contributed by atoms with Gasteiger partial charge < -0.3 is 5.32 Å². The Morgan fingerprint density at radius 2 is 1.90 bits per heavy atom. The van der Waals surface area contributed by atoms with Gasteiger partial charge in [-0.05, 0) is 35.6 Å². The maximum absolute atomic E-state index is 13.0. The molecular weight excluding hydrogens is 265 g/mol. The van der Waals surface area contributed by atoms with Gasteiger partial charge in [-0.15, -0.1) is 0 Å². The first kappa shape index (κ1) is 15.2. The first-order valence-corrected chi connectivity index (χ1v) is 7.21. The molecule has 2 rings (SSSR count). The average molecular weight is 285 g/mol. The molecule has 0 aliphatic rings. The summed E-state index contributed by atoms with van der Waals surface area (Å²) in [5.41, 5.74) is 2.06. The lowest BCUT2D eigenvalue weighted by molar-refractivity contribution is -0.121. The Kier molecular flexibility index (Phi) is 5.50. The van der Waals surface area contributed by atoms with E-state index in [9.17, 15) is 9.18 Å². The first-order valence-electron chi connectivity index (χ1n) is 7.21. The van der Waals surface area contributed by atoms with Crippen molar-refractivity contribution < 1.29 is 9.18 Å². The van der Waals surface area contributed by atoms with Crippen molar-refractivity contribution in [2.24, 2.45) is 0 Å². The van der Waals surface area contributed by atoms with Crippen LogP contribution in [0.15, 0.2) is 54.6 Å². The number of halogens is 1. The van der Waals surface area contributed by atoms with Gasteiger partial charge in [-0.25, -0.2) is 4.39 Å². The van der Waals surface area contributed by atoms with E-state index in [-0.39, 0.29) is 17.6 Å². The third-order valence-corrected chi connectivity index (χ3v) is 3.50. The standard InChI is InChI=1S/C18H20FNO/c1-14(16-7-3-2-4-8-16)13-20-18(21)11-10-15-6-5-9-17(19)12-15/h2-9,12,14H,10-11,13H2,1H3,(H,20,21). The quantitative estimate of drug-likeness (QED) is 0.862. The van der Waals surface area contributed by atoms with Crippen LogP contribution in [0.25, 0.3) is 0 Å². The van der Waals surface area contributed by atoms with Gasteiger partial charge in [0.05, 0.1) is 0 Å². The Balaban J connectivity index is 1.75.